The number of likely N-dealkylation sites (tertiary alicyclic amines) is 1. The van der Waals surface area contributed by atoms with Crippen molar-refractivity contribution in [1.29, 1.82) is 0 Å². The maximum atomic E-state index is 12.5. The van der Waals surface area contributed by atoms with Gasteiger partial charge < -0.3 is 20.1 Å². The molecule has 1 aromatic carbocycles. The zero-order valence-electron chi connectivity index (χ0n) is 17.7. The van der Waals surface area contributed by atoms with E-state index in [1.165, 1.54) is 4.90 Å². The number of piperidine rings is 1. The van der Waals surface area contributed by atoms with Crippen LogP contribution in [0.15, 0.2) is 23.2 Å². The van der Waals surface area contributed by atoms with Crippen molar-refractivity contribution in [3.05, 3.63) is 18.2 Å². The molecule has 2 N–H and O–H groups in total. The van der Waals surface area contributed by atoms with Crippen LogP contribution in [0.25, 0.3) is 0 Å². The molecule has 0 amide bonds. The number of aliphatic imine (C=N–C) groups is 1. The summed E-state index contributed by atoms with van der Waals surface area (Å²) in [4.78, 5) is 6.10. The Bertz CT molecular complexity index is 666. The van der Waals surface area contributed by atoms with Crippen molar-refractivity contribution in [2.24, 2.45) is 10.9 Å². The van der Waals surface area contributed by atoms with Crippen LogP contribution in [-0.4, -0.2) is 64.0 Å². The van der Waals surface area contributed by atoms with Gasteiger partial charge in [0.2, 0.25) is 0 Å². The van der Waals surface area contributed by atoms with E-state index in [4.69, 9.17) is 9.47 Å². The number of hydrogen-bond donors (Lipinski definition) is 2. The fourth-order valence-electron chi connectivity index (χ4n) is 3.40. The second kappa shape index (κ2) is 13.1. The highest BCUT2D eigenvalue weighted by Crippen LogP contribution is 2.29. The van der Waals surface area contributed by atoms with Gasteiger partial charge in [-0.2, -0.15) is 13.2 Å². The maximum absolute atomic E-state index is 12.5. The second-order valence-corrected chi connectivity index (χ2v) is 7.08. The minimum Gasteiger partial charge on any atom is -0.493 e. The van der Waals surface area contributed by atoms with Crippen molar-refractivity contribution in [2.75, 3.05) is 52.3 Å². The summed E-state index contributed by atoms with van der Waals surface area (Å²) >= 11 is 0. The number of anilines is 1. The molecule has 1 heterocycles. The van der Waals surface area contributed by atoms with E-state index in [9.17, 15) is 13.2 Å². The van der Waals surface area contributed by atoms with Gasteiger partial charge in [0, 0.05) is 24.8 Å². The highest BCUT2D eigenvalue weighted by atomic mass is 127. The molecule has 0 aliphatic carbocycles. The highest BCUT2D eigenvalue weighted by molar-refractivity contribution is 14.0. The van der Waals surface area contributed by atoms with Crippen molar-refractivity contribution >= 4 is 35.6 Å². The van der Waals surface area contributed by atoms with E-state index in [1.807, 2.05) is 25.1 Å². The summed E-state index contributed by atoms with van der Waals surface area (Å²) in [6, 6.07) is 5.53. The summed E-state index contributed by atoms with van der Waals surface area (Å²) in [5, 5.41) is 6.45. The molecular weight excluding hydrogens is 512 g/mol. The Morgan fingerprint density at radius 3 is 2.40 bits per heavy atom. The van der Waals surface area contributed by atoms with Crippen LogP contribution >= 0.6 is 24.0 Å². The van der Waals surface area contributed by atoms with Gasteiger partial charge >= 0.3 is 6.18 Å². The first-order valence-electron chi connectivity index (χ1n) is 9.91. The molecule has 6 nitrogen and oxygen atoms in total. The van der Waals surface area contributed by atoms with Gasteiger partial charge in [-0.3, -0.25) is 9.89 Å². The van der Waals surface area contributed by atoms with Crippen LogP contribution in [0.2, 0.25) is 0 Å². The normalized spacial score (nSPS) is 16.0. The van der Waals surface area contributed by atoms with Gasteiger partial charge in [-0.15, -0.1) is 24.0 Å². The summed E-state index contributed by atoms with van der Waals surface area (Å²) in [5.41, 5.74) is 0.822. The van der Waals surface area contributed by atoms with E-state index < -0.39 is 12.7 Å². The van der Waals surface area contributed by atoms with Crippen LogP contribution < -0.4 is 20.1 Å². The van der Waals surface area contributed by atoms with Crippen molar-refractivity contribution in [1.82, 2.24) is 10.2 Å². The fourth-order valence-corrected chi connectivity index (χ4v) is 3.40. The second-order valence-electron chi connectivity index (χ2n) is 7.08. The number of nitrogens with zero attached hydrogens (tertiary/aromatic N) is 2. The molecule has 1 aromatic rings. The van der Waals surface area contributed by atoms with Crippen LogP contribution in [0.4, 0.5) is 18.9 Å². The summed E-state index contributed by atoms with van der Waals surface area (Å²) in [7, 11) is 3.17. The molecule has 0 unspecified atom stereocenters. The Labute approximate surface area is 193 Å². The number of halogens is 4. The molecule has 1 aliphatic heterocycles. The summed E-state index contributed by atoms with van der Waals surface area (Å²) in [6.07, 6.45) is -1.69. The van der Waals surface area contributed by atoms with Crippen molar-refractivity contribution in [2.45, 2.75) is 32.4 Å². The van der Waals surface area contributed by atoms with Crippen LogP contribution in [0.5, 0.6) is 11.5 Å². The highest BCUT2D eigenvalue weighted by Gasteiger charge is 2.32. The van der Waals surface area contributed by atoms with Crippen molar-refractivity contribution in [3.8, 4) is 11.5 Å². The summed E-state index contributed by atoms with van der Waals surface area (Å²) < 4.78 is 48.0. The molecule has 10 heteroatoms. The minimum absolute atomic E-state index is 0. The monoisotopic (exact) mass is 544 g/mol. The van der Waals surface area contributed by atoms with Crippen molar-refractivity contribution in [3.63, 3.8) is 0 Å². The molecule has 30 heavy (non-hydrogen) atoms. The molecule has 1 aliphatic rings. The molecule has 0 aromatic heterocycles. The first-order valence-corrected chi connectivity index (χ1v) is 9.91. The average Bonchev–Trinajstić information content (AvgIpc) is 2.68. The Hall–Kier alpha value is -1.43. The molecule has 1 fully saturated rings. The average molecular weight is 544 g/mol. The lowest BCUT2D eigenvalue weighted by Crippen LogP contribution is -2.40. The van der Waals surface area contributed by atoms with Gasteiger partial charge in [0.25, 0.3) is 0 Å². The lowest BCUT2D eigenvalue weighted by Gasteiger charge is -2.32. The van der Waals surface area contributed by atoms with Gasteiger partial charge in [0.05, 0.1) is 20.8 Å². The number of alkyl halides is 3. The number of benzene rings is 1. The zero-order chi connectivity index (χ0) is 21.3. The molecule has 2 rings (SSSR count). The Kier molecular flexibility index (Phi) is 11.6. The van der Waals surface area contributed by atoms with E-state index in [0.29, 0.717) is 43.0 Å². The summed E-state index contributed by atoms with van der Waals surface area (Å²) in [5.74, 6) is 2.34. The van der Waals surface area contributed by atoms with Gasteiger partial charge in [0.1, 0.15) is 0 Å². The van der Waals surface area contributed by atoms with Gasteiger partial charge in [-0.25, -0.2) is 0 Å². The standard InChI is InChI=1S/C20H31F3N4O2.HI/c1-4-24-19(26-16-5-6-17(28-2)18(13-16)29-3)25-10-7-15-8-11-27(12-9-15)14-20(21,22)23;/h5-6,13,15H,4,7-12,14H2,1-3H3,(H2,24,25,26);1H. The van der Waals surface area contributed by atoms with Gasteiger partial charge in [0.15, 0.2) is 17.5 Å². The third-order valence-corrected chi connectivity index (χ3v) is 4.91. The first kappa shape index (κ1) is 26.6. The number of guanidine groups is 1. The SMILES string of the molecule is CCNC(=NCCC1CCN(CC(F)(F)F)CC1)Nc1ccc(OC)c(OC)c1.I. The predicted molar refractivity (Wildman–Crippen MR) is 124 cm³/mol. The van der Waals surface area contributed by atoms with E-state index in [2.05, 4.69) is 15.6 Å². The molecule has 0 atom stereocenters. The Morgan fingerprint density at radius 2 is 1.83 bits per heavy atom. The molecule has 0 bridgehead atoms. The van der Waals surface area contributed by atoms with Gasteiger partial charge in [-0.05, 0) is 57.3 Å². The topological polar surface area (TPSA) is 58.1 Å². The number of ether oxygens (including phenoxy) is 2. The van der Waals surface area contributed by atoms with Gasteiger partial charge in [-0.1, -0.05) is 0 Å². The number of nitrogens with one attached hydrogen (secondary N) is 2. The Morgan fingerprint density at radius 1 is 1.17 bits per heavy atom. The van der Waals surface area contributed by atoms with E-state index in [1.54, 1.807) is 14.2 Å². The van der Waals surface area contributed by atoms with E-state index >= 15 is 0 Å². The smallest absolute Gasteiger partial charge is 0.401 e. The third kappa shape index (κ3) is 9.15. The van der Waals surface area contributed by atoms with Crippen LogP contribution in [0.1, 0.15) is 26.2 Å². The lowest BCUT2D eigenvalue weighted by atomic mass is 9.93. The fraction of sp³-hybridized carbons (Fsp3) is 0.650. The number of rotatable bonds is 8. The van der Waals surface area contributed by atoms with Crippen LogP contribution in [0.3, 0.4) is 0 Å². The molecule has 1 saturated heterocycles. The summed E-state index contributed by atoms with van der Waals surface area (Å²) in [6.45, 7) is 3.51. The molecule has 172 valence electrons. The van der Waals surface area contributed by atoms with E-state index in [0.717, 1.165) is 31.5 Å². The minimum atomic E-state index is -4.12. The molecule has 0 saturated carbocycles. The maximum Gasteiger partial charge on any atom is 0.401 e. The van der Waals surface area contributed by atoms with Crippen LogP contribution in [-0.2, 0) is 0 Å². The molecule has 0 spiro atoms. The predicted octanol–water partition coefficient (Wildman–Crippen LogP) is 4.36. The first-order chi connectivity index (χ1) is 13.8. The number of methoxy groups -OCH3 is 2. The molecular formula is C20H32F3IN4O2. The largest absolute Gasteiger partial charge is 0.493 e. The van der Waals surface area contributed by atoms with Crippen LogP contribution in [0, 0.1) is 5.92 Å². The lowest BCUT2D eigenvalue weighted by molar-refractivity contribution is -0.148. The third-order valence-electron chi connectivity index (χ3n) is 4.91. The molecule has 0 radical (unpaired) electrons. The Balaban J connectivity index is 0.00000450. The van der Waals surface area contributed by atoms with Crippen molar-refractivity contribution < 1.29 is 22.6 Å². The zero-order valence-corrected chi connectivity index (χ0v) is 20.0. The van der Waals surface area contributed by atoms with E-state index in [-0.39, 0.29) is 24.0 Å². The quantitative estimate of drug-likeness (QED) is 0.290. The number of hydrogen-bond acceptors (Lipinski definition) is 4.